The van der Waals surface area contributed by atoms with Gasteiger partial charge < -0.3 is 25.7 Å². The number of aromatic carboxylic acids is 2. The summed E-state index contributed by atoms with van der Waals surface area (Å²) in [5, 5.41) is 40.2. The van der Waals surface area contributed by atoms with Crippen molar-refractivity contribution >= 4 is 17.8 Å². The second-order valence-corrected chi connectivity index (χ2v) is 6.40. The van der Waals surface area contributed by atoms with Gasteiger partial charge in [0.2, 0.25) is 0 Å². The number of hydrogen-bond donors (Lipinski definition) is 6. The summed E-state index contributed by atoms with van der Waals surface area (Å²) in [6.07, 6.45) is 0.329. The van der Waals surface area contributed by atoms with Gasteiger partial charge in [0, 0.05) is 0 Å². The summed E-state index contributed by atoms with van der Waals surface area (Å²) in [6, 6.07) is 7.09. The van der Waals surface area contributed by atoms with Gasteiger partial charge in [-0.3, -0.25) is 9.63 Å². The predicted octanol–water partition coefficient (Wildman–Crippen LogP) is 2.07. The molecule has 1 unspecified atom stereocenters. The third-order valence-electron chi connectivity index (χ3n) is 4.13. The summed E-state index contributed by atoms with van der Waals surface area (Å²) < 4.78 is 0. The third-order valence-corrected chi connectivity index (χ3v) is 4.13. The Balaban J connectivity index is 2.08. The molecule has 10 nitrogen and oxygen atoms in total. The lowest BCUT2D eigenvalue weighted by Crippen LogP contribution is -2.45. The summed E-state index contributed by atoms with van der Waals surface area (Å²) in [7, 11) is 0. The van der Waals surface area contributed by atoms with Crippen molar-refractivity contribution in [2.24, 2.45) is 0 Å². The van der Waals surface area contributed by atoms with Gasteiger partial charge in [-0.1, -0.05) is 13.3 Å². The van der Waals surface area contributed by atoms with Crippen LogP contribution in [0, 0.1) is 0 Å². The van der Waals surface area contributed by atoms with Crippen molar-refractivity contribution in [2.45, 2.75) is 32.5 Å². The molecule has 0 spiro atoms. The second kappa shape index (κ2) is 10.2. The van der Waals surface area contributed by atoms with Gasteiger partial charge in [0.25, 0.3) is 5.91 Å². The standard InChI is InChI=1S/C20H22N2O8/c1-2-3-17(21-18(25)16-9-13(24)5-7-15(16)20(28)29)22-30-10-11-8-12(23)4-6-14(11)19(26)27/h4-9,17,22-24H,2-3,10H2,1H3,(H,21,25)(H,26,27)(H,28,29). The van der Waals surface area contributed by atoms with Crippen LogP contribution in [-0.4, -0.2) is 44.4 Å². The second-order valence-electron chi connectivity index (χ2n) is 6.40. The number of hydroxylamine groups is 1. The quantitative estimate of drug-likeness (QED) is 0.250. The lowest BCUT2D eigenvalue weighted by Gasteiger charge is -2.20. The van der Waals surface area contributed by atoms with E-state index in [0.29, 0.717) is 12.8 Å². The van der Waals surface area contributed by atoms with Crippen LogP contribution in [0.5, 0.6) is 11.5 Å². The predicted molar refractivity (Wildman–Crippen MR) is 104 cm³/mol. The van der Waals surface area contributed by atoms with Crippen molar-refractivity contribution in [1.82, 2.24) is 10.8 Å². The van der Waals surface area contributed by atoms with Gasteiger partial charge >= 0.3 is 11.9 Å². The number of aromatic hydroxyl groups is 2. The van der Waals surface area contributed by atoms with Crippen LogP contribution in [0.25, 0.3) is 0 Å². The summed E-state index contributed by atoms with van der Waals surface area (Å²) >= 11 is 0. The Morgan fingerprint density at radius 2 is 1.53 bits per heavy atom. The number of phenolic OH excluding ortho intramolecular Hbond substituents is 2. The Bertz CT molecular complexity index is 944. The van der Waals surface area contributed by atoms with E-state index in [1.807, 2.05) is 6.92 Å². The molecule has 2 aromatic rings. The van der Waals surface area contributed by atoms with Gasteiger partial charge in [0.1, 0.15) is 17.7 Å². The van der Waals surface area contributed by atoms with Crippen LogP contribution in [0.4, 0.5) is 0 Å². The summed E-state index contributed by atoms with van der Waals surface area (Å²) in [4.78, 5) is 40.4. The number of hydrogen-bond acceptors (Lipinski definition) is 7. The number of rotatable bonds is 10. The normalized spacial score (nSPS) is 11.6. The SMILES string of the molecule is CCCC(NOCc1cc(O)ccc1C(=O)O)NC(=O)c1cc(O)ccc1C(=O)O. The number of carboxylic acid groups (broad SMARTS) is 2. The molecule has 2 aromatic carbocycles. The van der Waals surface area contributed by atoms with Gasteiger partial charge in [-0.25, -0.2) is 9.59 Å². The van der Waals surface area contributed by atoms with Gasteiger partial charge in [-0.2, -0.15) is 5.48 Å². The molecule has 1 amide bonds. The number of phenols is 2. The topological polar surface area (TPSA) is 165 Å². The lowest BCUT2D eigenvalue weighted by molar-refractivity contribution is -0.00618. The molecule has 0 heterocycles. The Labute approximate surface area is 171 Å². The van der Waals surface area contributed by atoms with E-state index < -0.39 is 24.0 Å². The number of carbonyl (C=O) groups is 3. The lowest BCUT2D eigenvalue weighted by atomic mass is 10.1. The largest absolute Gasteiger partial charge is 0.508 e. The molecule has 0 aliphatic heterocycles. The van der Waals surface area contributed by atoms with Crippen molar-refractivity contribution in [3.8, 4) is 11.5 Å². The first-order valence-electron chi connectivity index (χ1n) is 9.02. The molecule has 0 fully saturated rings. The fourth-order valence-corrected chi connectivity index (χ4v) is 2.72. The van der Waals surface area contributed by atoms with Crippen molar-refractivity contribution < 1.29 is 39.6 Å². The number of nitrogens with one attached hydrogen (secondary N) is 2. The Morgan fingerprint density at radius 1 is 0.933 bits per heavy atom. The molecule has 0 radical (unpaired) electrons. The van der Waals surface area contributed by atoms with Crippen molar-refractivity contribution in [3.63, 3.8) is 0 Å². The number of amides is 1. The Hall–Kier alpha value is -3.63. The minimum absolute atomic E-state index is 0.0449. The Morgan fingerprint density at radius 3 is 2.13 bits per heavy atom. The number of carboxylic acids is 2. The average molecular weight is 418 g/mol. The van der Waals surface area contributed by atoms with E-state index in [2.05, 4.69) is 10.8 Å². The molecule has 0 saturated heterocycles. The van der Waals surface area contributed by atoms with E-state index in [4.69, 9.17) is 4.84 Å². The van der Waals surface area contributed by atoms with Crippen LogP contribution < -0.4 is 10.8 Å². The molecule has 0 aliphatic rings. The number of carbonyl (C=O) groups excluding carboxylic acids is 1. The summed E-state index contributed by atoms with van der Waals surface area (Å²) in [5.41, 5.74) is 2.29. The van der Waals surface area contributed by atoms with Crippen LogP contribution in [0.15, 0.2) is 36.4 Å². The van der Waals surface area contributed by atoms with Gasteiger partial charge in [-0.15, -0.1) is 0 Å². The first-order chi connectivity index (χ1) is 14.2. The van der Waals surface area contributed by atoms with E-state index in [1.54, 1.807) is 0 Å². The van der Waals surface area contributed by atoms with Gasteiger partial charge in [-0.05, 0) is 48.4 Å². The molecule has 0 aromatic heterocycles. The van der Waals surface area contributed by atoms with Gasteiger partial charge in [0.15, 0.2) is 0 Å². The minimum atomic E-state index is -1.32. The van der Waals surface area contributed by atoms with Crippen LogP contribution in [-0.2, 0) is 11.4 Å². The zero-order valence-electron chi connectivity index (χ0n) is 16.1. The third kappa shape index (κ3) is 5.93. The molecular formula is C20H22N2O8. The van der Waals surface area contributed by atoms with Gasteiger partial charge in [0.05, 0.1) is 23.3 Å². The van der Waals surface area contributed by atoms with Crippen LogP contribution >= 0.6 is 0 Å². The molecule has 0 saturated carbocycles. The van der Waals surface area contributed by atoms with E-state index >= 15 is 0 Å². The highest BCUT2D eigenvalue weighted by Crippen LogP contribution is 2.18. The molecule has 1 atom stereocenters. The molecule has 6 N–H and O–H groups in total. The molecule has 10 heteroatoms. The van der Waals surface area contributed by atoms with Crippen molar-refractivity contribution in [1.29, 1.82) is 0 Å². The molecule has 30 heavy (non-hydrogen) atoms. The Kier molecular flexibility index (Phi) is 7.73. The monoisotopic (exact) mass is 418 g/mol. The molecule has 0 aliphatic carbocycles. The zero-order chi connectivity index (χ0) is 22.3. The van der Waals surface area contributed by atoms with E-state index in [0.717, 1.165) is 12.1 Å². The molecule has 2 rings (SSSR count). The van der Waals surface area contributed by atoms with Crippen molar-refractivity contribution in [3.05, 3.63) is 58.7 Å². The first kappa shape index (κ1) is 22.7. The smallest absolute Gasteiger partial charge is 0.336 e. The minimum Gasteiger partial charge on any atom is -0.508 e. The first-order valence-corrected chi connectivity index (χ1v) is 9.02. The fraction of sp³-hybridized carbons (Fsp3) is 0.250. The van der Waals surface area contributed by atoms with E-state index in [-0.39, 0.29) is 40.4 Å². The summed E-state index contributed by atoms with van der Waals surface area (Å²) in [6.45, 7) is 1.65. The highest BCUT2D eigenvalue weighted by atomic mass is 16.6. The molecule has 0 bridgehead atoms. The number of benzene rings is 2. The highest BCUT2D eigenvalue weighted by molar-refractivity contribution is 6.05. The zero-order valence-corrected chi connectivity index (χ0v) is 16.1. The van der Waals surface area contributed by atoms with Crippen LogP contribution in [0.2, 0.25) is 0 Å². The maximum absolute atomic E-state index is 12.5. The summed E-state index contributed by atoms with van der Waals surface area (Å²) in [5.74, 6) is -3.62. The van der Waals surface area contributed by atoms with E-state index in [9.17, 15) is 34.8 Å². The van der Waals surface area contributed by atoms with Crippen LogP contribution in [0.1, 0.15) is 56.4 Å². The molecular weight excluding hydrogens is 396 g/mol. The van der Waals surface area contributed by atoms with E-state index in [1.165, 1.54) is 24.3 Å². The average Bonchev–Trinajstić information content (AvgIpc) is 2.67. The van der Waals surface area contributed by atoms with Crippen LogP contribution in [0.3, 0.4) is 0 Å². The maximum Gasteiger partial charge on any atom is 0.336 e. The maximum atomic E-state index is 12.5. The highest BCUT2D eigenvalue weighted by Gasteiger charge is 2.20. The van der Waals surface area contributed by atoms with Crippen molar-refractivity contribution in [2.75, 3.05) is 0 Å². The fourth-order valence-electron chi connectivity index (χ4n) is 2.72. The molecule has 160 valence electrons.